The van der Waals surface area contributed by atoms with E-state index in [1.165, 1.54) is 18.9 Å². The van der Waals surface area contributed by atoms with Crippen LogP contribution in [0.3, 0.4) is 0 Å². The number of hydrogen-bond acceptors (Lipinski definition) is 9. The molecule has 0 saturated heterocycles. The van der Waals surface area contributed by atoms with Crippen LogP contribution in [0.25, 0.3) is 0 Å². The van der Waals surface area contributed by atoms with Gasteiger partial charge in [0.1, 0.15) is 41.7 Å². The summed E-state index contributed by atoms with van der Waals surface area (Å²) in [5.74, 6) is -2.52. The fourth-order valence-electron chi connectivity index (χ4n) is 4.16. The van der Waals surface area contributed by atoms with Crippen LogP contribution in [0.5, 0.6) is 0 Å². The van der Waals surface area contributed by atoms with Crippen molar-refractivity contribution in [2.45, 2.75) is 38.7 Å². The molecule has 3 rings (SSSR count). The van der Waals surface area contributed by atoms with Gasteiger partial charge in [0.25, 0.3) is 0 Å². The lowest BCUT2D eigenvalue weighted by molar-refractivity contribution is -0.153. The van der Waals surface area contributed by atoms with Crippen LogP contribution in [0.1, 0.15) is 33.3 Å². The molecular weight excluding hydrogens is 442 g/mol. The molecule has 2 aliphatic heterocycles. The highest BCUT2D eigenvalue weighted by Crippen LogP contribution is 2.54. The van der Waals surface area contributed by atoms with E-state index in [-0.39, 0.29) is 36.0 Å². The number of rotatable bonds is 6. The Bertz CT molecular complexity index is 1140. The molecule has 0 bridgehead atoms. The van der Waals surface area contributed by atoms with Crippen molar-refractivity contribution in [2.75, 3.05) is 31.8 Å². The maximum absolute atomic E-state index is 14.1. The molecule has 0 radical (unpaired) electrons. The zero-order valence-corrected chi connectivity index (χ0v) is 19.8. The summed E-state index contributed by atoms with van der Waals surface area (Å²) in [7, 11) is 1.45. The Labute approximate surface area is 197 Å². The lowest BCUT2D eigenvalue weighted by atomic mass is 9.68. The summed E-state index contributed by atoms with van der Waals surface area (Å²) in [4.78, 5) is 41.2. The lowest BCUT2D eigenvalue weighted by Crippen LogP contribution is -2.49. The molecule has 2 heterocycles. The van der Waals surface area contributed by atoms with E-state index in [0.717, 1.165) is 0 Å². The first-order valence-electron chi connectivity index (χ1n) is 10.6. The minimum Gasteiger partial charge on any atom is -0.460 e. The van der Waals surface area contributed by atoms with Gasteiger partial charge >= 0.3 is 11.9 Å². The molecule has 10 nitrogen and oxygen atoms in total. The average molecular weight is 469 g/mol. The average Bonchev–Trinajstić information content (AvgIpc) is 2.96. The number of nitrogens with two attached hydrogens (primary N) is 1. The Morgan fingerprint density at radius 1 is 1.24 bits per heavy atom. The van der Waals surface area contributed by atoms with Crippen LogP contribution in [0.15, 0.2) is 47.1 Å². The summed E-state index contributed by atoms with van der Waals surface area (Å²) in [5.41, 5.74) is 3.53. The molecule has 180 valence electrons. The first-order chi connectivity index (χ1) is 16.0. The maximum atomic E-state index is 14.1. The van der Waals surface area contributed by atoms with Crippen LogP contribution < -0.4 is 10.6 Å². The highest BCUT2D eigenvalue weighted by Gasteiger charge is 2.62. The molecule has 1 atom stereocenters. The molecule has 2 N–H and O–H groups in total. The first kappa shape index (κ1) is 24.8. The smallest absolute Gasteiger partial charge is 0.339 e. The van der Waals surface area contributed by atoms with Crippen molar-refractivity contribution < 1.29 is 33.3 Å². The highest BCUT2D eigenvalue weighted by molar-refractivity contribution is 6.19. The molecule has 0 aromatic heterocycles. The van der Waals surface area contributed by atoms with E-state index < -0.39 is 35.4 Å². The van der Waals surface area contributed by atoms with Gasteiger partial charge in [-0.1, -0.05) is 18.2 Å². The number of ether oxygens (including phenoxy) is 4. The number of hydrogen-bond donors (Lipinski definition) is 1. The first-order valence-corrected chi connectivity index (χ1v) is 10.6. The minimum atomic E-state index is -1.94. The van der Waals surface area contributed by atoms with Crippen LogP contribution >= 0.6 is 0 Å². The molecule has 10 heteroatoms. The van der Waals surface area contributed by atoms with E-state index >= 15 is 0 Å². The lowest BCUT2D eigenvalue weighted by Gasteiger charge is -2.34. The number of nitrogens with zero attached hydrogens (tertiary/aromatic N) is 2. The van der Waals surface area contributed by atoms with Crippen molar-refractivity contribution in [2.24, 2.45) is 5.73 Å². The number of carbonyl (C=O) groups excluding carboxylic acids is 3. The van der Waals surface area contributed by atoms with Gasteiger partial charge in [0.05, 0.1) is 6.61 Å². The number of fused-ring (bicyclic) bond motifs is 2. The number of allylic oxidation sites excluding steroid dienone is 1. The van der Waals surface area contributed by atoms with Crippen molar-refractivity contribution in [1.82, 2.24) is 0 Å². The third kappa shape index (κ3) is 4.10. The Kier molecular flexibility index (Phi) is 6.70. The van der Waals surface area contributed by atoms with Crippen LogP contribution in [-0.4, -0.2) is 50.3 Å². The van der Waals surface area contributed by atoms with E-state index in [0.29, 0.717) is 11.3 Å². The van der Waals surface area contributed by atoms with E-state index in [1.807, 2.05) is 6.07 Å². The van der Waals surface area contributed by atoms with Gasteiger partial charge in [-0.25, -0.2) is 4.79 Å². The van der Waals surface area contributed by atoms with Crippen LogP contribution in [0, 0.1) is 11.3 Å². The second-order valence-electron chi connectivity index (χ2n) is 8.76. The number of carbonyl (C=O) groups is 3. The Morgan fingerprint density at radius 3 is 2.53 bits per heavy atom. The Balaban J connectivity index is 2.20. The minimum absolute atomic E-state index is 0.0150. The van der Waals surface area contributed by atoms with Gasteiger partial charge in [0.15, 0.2) is 5.41 Å². The quantitative estimate of drug-likeness (QED) is 0.487. The van der Waals surface area contributed by atoms with Gasteiger partial charge in [-0.2, -0.15) is 5.26 Å². The maximum Gasteiger partial charge on any atom is 0.339 e. The number of nitriles is 1. The van der Waals surface area contributed by atoms with E-state index in [2.05, 4.69) is 0 Å². The number of methoxy groups -OCH3 is 1. The summed E-state index contributed by atoms with van der Waals surface area (Å²) in [6.45, 7) is 6.21. The second kappa shape index (κ2) is 9.19. The summed E-state index contributed by atoms with van der Waals surface area (Å²) in [5, 5.41) is 10.0. The molecule has 0 fully saturated rings. The summed E-state index contributed by atoms with van der Waals surface area (Å²) >= 11 is 0. The Hall–Kier alpha value is -3.84. The fraction of sp³-hybridized carbons (Fsp3) is 0.417. The van der Waals surface area contributed by atoms with Crippen molar-refractivity contribution in [3.8, 4) is 6.07 Å². The summed E-state index contributed by atoms with van der Waals surface area (Å²) < 4.78 is 21.1. The van der Waals surface area contributed by atoms with Crippen LogP contribution in [-0.2, 0) is 38.7 Å². The molecule has 1 spiro atoms. The standard InChI is InChI=1S/C24H27N3O7/c1-14-19(21(29)32-11-10-31-5)24(16(12-25)20(26)33-14)15-8-6-7-9-17(15)27(22(24)30)13-18(28)34-23(2,3)4/h6-9H,10-11,13,26H2,1-5H3. The number of para-hydroxylation sites is 1. The van der Waals surface area contributed by atoms with Gasteiger partial charge in [-0.3, -0.25) is 14.5 Å². The van der Waals surface area contributed by atoms with Crippen molar-refractivity contribution >= 4 is 23.5 Å². The zero-order valence-electron chi connectivity index (χ0n) is 19.8. The third-order valence-corrected chi connectivity index (χ3v) is 5.32. The largest absolute Gasteiger partial charge is 0.460 e. The predicted octanol–water partition coefficient (Wildman–Crippen LogP) is 1.80. The summed E-state index contributed by atoms with van der Waals surface area (Å²) in [6, 6.07) is 8.51. The van der Waals surface area contributed by atoms with E-state index in [4.69, 9.17) is 24.7 Å². The number of anilines is 1. The van der Waals surface area contributed by atoms with Crippen molar-refractivity contribution in [3.63, 3.8) is 0 Å². The Morgan fingerprint density at radius 2 is 1.91 bits per heavy atom. The number of benzene rings is 1. The fourth-order valence-corrected chi connectivity index (χ4v) is 4.16. The molecule has 2 aliphatic rings. The van der Waals surface area contributed by atoms with E-state index in [1.54, 1.807) is 45.0 Å². The van der Waals surface area contributed by atoms with Gasteiger partial charge < -0.3 is 24.7 Å². The molecule has 1 amide bonds. The van der Waals surface area contributed by atoms with Crippen LogP contribution in [0.2, 0.25) is 0 Å². The zero-order chi connectivity index (χ0) is 25.3. The number of esters is 2. The molecule has 1 aromatic rings. The highest BCUT2D eigenvalue weighted by atomic mass is 16.6. The van der Waals surface area contributed by atoms with Crippen molar-refractivity contribution in [1.29, 1.82) is 5.26 Å². The summed E-state index contributed by atoms with van der Waals surface area (Å²) in [6.07, 6.45) is 0. The van der Waals surface area contributed by atoms with Gasteiger partial charge in [-0.05, 0) is 33.8 Å². The van der Waals surface area contributed by atoms with Crippen LogP contribution in [0.4, 0.5) is 5.69 Å². The van der Waals surface area contributed by atoms with E-state index in [9.17, 15) is 19.6 Å². The molecule has 0 saturated carbocycles. The number of amides is 1. The molecular formula is C24H27N3O7. The van der Waals surface area contributed by atoms with Gasteiger partial charge in [0.2, 0.25) is 11.8 Å². The normalized spacial score (nSPS) is 19.6. The molecule has 0 aliphatic carbocycles. The SMILES string of the molecule is COCCOC(=O)C1=C(C)OC(N)=C(C#N)C12C(=O)N(CC(=O)OC(C)(C)C)c1ccccc12. The molecule has 1 unspecified atom stereocenters. The molecule has 34 heavy (non-hydrogen) atoms. The van der Waals surface area contributed by atoms with Crippen molar-refractivity contribution in [3.05, 3.63) is 52.6 Å². The monoisotopic (exact) mass is 469 g/mol. The van der Waals surface area contributed by atoms with Gasteiger partial charge in [0, 0.05) is 18.4 Å². The topological polar surface area (TPSA) is 141 Å². The second-order valence-corrected chi connectivity index (χ2v) is 8.76. The van der Waals surface area contributed by atoms with Gasteiger partial charge in [-0.15, -0.1) is 0 Å². The third-order valence-electron chi connectivity index (χ3n) is 5.32. The molecule has 1 aromatic carbocycles. The predicted molar refractivity (Wildman–Crippen MR) is 120 cm³/mol.